The summed E-state index contributed by atoms with van der Waals surface area (Å²) in [4.78, 5) is 1.30. The first-order chi connectivity index (χ1) is 9.29. The molecule has 3 unspecified atom stereocenters. The Hall–Kier alpha value is -1.25. The zero-order valence-electron chi connectivity index (χ0n) is 11.0. The zero-order chi connectivity index (χ0) is 13.2. The summed E-state index contributed by atoms with van der Waals surface area (Å²) in [6.07, 6.45) is 2.86. The van der Waals surface area contributed by atoms with Crippen LogP contribution in [0.3, 0.4) is 0 Å². The van der Waals surface area contributed by atoms with Crippen LogP contribution in [-0.2, 0) is 0 Å². The van der Waals surface area contributed by atoms with Crippen LogP contribution < -0.4 is 0 Å². The van der Waals surface area contributed by atoms with Crippen LogP contribution in [0.5, 0.6) is 0 Å². The molecule has 2 heteroatoms. The van der Waals surface area contributed by atoms with E-state index in [4.69, 9.17) is 0 Å². The van der Waals surface area contributed by atoms with E-state index in [1.165, 1.54) is 10.5 Å². The summed E-state index contributed by atoms with van der Waals surface area (Å²) in [5.41, 5.74) is 2.40. The molecular weight excluding hydrogens is 252 g/mol. The molecular formula is C17H18OS. The SMILES string of the molecule is CSc1ccc(C2CC2C(O)c2ccccc2)cc1. The Kier molecular flexibility index (Phi) is 3.63. The fourth-order valence-electron chi connectivity index (χ4n) is 2.70. The monoisotopic (exact) mass is 270 g/mol. The van der Waals surface area contributed by atoms with Crippen molar-refractivity contribution in [3.05, 3.63) is 65.7 Å². The standard InChI is InChI=1S/C17H18OS/c1-19-14-9-7-12(8-10-14)15-11-16(15)17(18)13-5-3-2-4-6-13/h2-10,15-18H,11H2,1H3. The molecule has 2 aromatic carbocycles. The lowest BCUT2D eigenvalue weighted by Gasteiger charge is -2.10. The van der Waals surface area contributed by atoms with E-state index in [0.29, 0.717) is 11.8 Å². The van der Waals surface area contributed by atoms with E-state index < -0.39 is 0 Å². The highest BCUT2D eigenvalue weighted by atomic mass is 32.2. The average Bonchev–Trinajstić information content (AvgIpc) is 3.28. The van der Waals surface area contributed by atoms with Crippen LogP contribution in [0.15, 0.2) is 59.5 Å². The summed E-state index contributed by atoms with van der Waals surface area (Å²) in [5.74, 6) is 0.897. The third-order valence-electron chi connectivity index (χ3n) is 3.93. The lowest BCUT2D eigenvalue weighted by Crippen LogP contribution is -2.00. The van der Waals surface area contributed by atoms with Crippen molar-refractivity contribution in [2.45, 2.75) is 23.3 Å². The first-order valence-electron chi connectivity index (χ1n) is 6.66. The molecule has 19 heavy (non-hydrogen) atoms. The van der Waals surface area contributed by atoms with Crippen molar-refractivity contribution in [1.29, 1.82) is 0 Å². The first kappa shape index (κ1) is 12.8. The minimum atomic E-state index is -0.327. The Morgan fingerprint density at radius 3 is 2.37 bits per heavy atom. The molecule has 0 heterocycles. The topological polar surface area (TPSA) is 20.2 Å². The van der Waals surface area contributed by atoms with Gasteiger partial charge in [-0.25, -0.2) is 0 Å². The molecule has 1 nitrogen and oxygen atoms in total. The molecule has 0 aromatic heterocycles. The van der Waals surface area contributed by atoms with E-state index in [0.717, 1.165) is 12.0 Å². The Labute approximate surface area is 118 Å². The number of aliphatic hydroxyl groups excluding tert-OH is 1. The van der Waals surface area contributed by atoms with Crippen LogP contribution in [0.2, 0.25) is 0 Å². The maximum atomic E-state index is 10.4. The highest BCUT2D eigenvalue weighted by Crippen LogP contribution is 2.54. The predicted molar refractivity (Wildman–Crippen MR) is 80.5 cm³/mol. The van der Waals surface area contributed by atoms with Crippen LogP contribution in [0, 0.1) is 5.92 Å². The number of hydrogen-bond acceptors (Lipinski definition) is 2. The highest BCUT2D eigenvalue weighted by molar-refractivity contribution is 7.98. The molecule has 2 aromatic rings. The van der Waals surface area contributed by atoms with Crippen molar-refractivity contribution in [2.75, 3.05) is 6.26 Å². The molecule has 1 fully saturated rings. The van der Waals surface area contributed by atoms with Gasteiger partial charge in [0, 0.05) is 4.90 Å². The third kappa shape index (κ3) is 2.70. The minimum absolute atomic E-state index is 0.327. The third-order valence-corrected chi connectivity index (χ3v) is 4.67. The fraction of sp³-hybridized carbons (Fsp3) is 0.294. The van der Waals surface area contributed by atoms with E-state index in [-0.39, 0.29) is 6.10 Å². The number of benzene rings is 2. The second-order valence-electron chi connectivity index (χ2n) is 5.13. The molecule has 1 N–H and O–H groups in total. The fourth-order valence-corrected chi connectivity index (χ4v) is 3.10. The van der Waals surface area contributed by atoms with Gasteiger partial charge < -0.3 is 5.11 Å². The second-order valence-corrected chi connectivity index (χ2v) is 6.01. The largest absolute Gasteiger partial charge is 0.388 e. The van der Waals surface area contributed by atoms with Gasteiger partial charge in [0.25, 0.3) is 0 Å². The lowest BCUT2D eigenvalue weighted by atomic mass is 10.0. The van der Waals surface area contributed by atoms with Gasteiger partial charge in [-0.3, -0.25) is 0 Å². The maximum Gasteiger partial charge on any atom is 0.0824 e. The second kappa shape index (κ2) is 5.40. The maximum absolute atomic E-state index is 10.4. The summed E-state index contributed by atoms with van der Waals surface area (Å²) >= 11 is 1.76. The van der Waals surface area contributed by atoms with Gasteiger partial charge >= 0.3 is 0 Å². The molecule has 1 aliphatic rings. The normalized spacial score (nSPS) is 23.1. The van der Waals surface area contributed by atoms with Crippen LogP contribution >= 0.6 is 11.8 Å². The van der Waals surface area contributed by atoms with Crippen LogP contribution in [0.25, 0.3) is 0 Å². The first-order valence-corrected chi connectivity index (χ1v) is 7.89. The quantitative estimate of drug-likeness (QED) is 0.838. The smallest absolute Gasteiger partial charge is 0.0824 e. The molecule has 0 bridgehead atoms. The van der Waals surface area contributed by atoms with Crippen LogP contribution in [0.1, 0.15) is 29.6 Å². The Balaban J connectivity index is 1.70. The molecule has 0 saturated heterocycles. The Morgan fingerprint density at radius 2 is 1.74 bits per heavy atom. The van der Waals surface area contributed by atoms with Crippen molar-refractivity contribution in [3.63, 3.8) is 0 Å². The van der Waals surface area contributed by atoms with Gasteiger partial charge in [0.15, 0.2) is 0 Å². The molecule has 0 spiro atoms. The lowest BCUT2D eigenvalue weighted by molar-refractivity contribution is 0.151. The molecule has 0 amide bonds. The van der Waals surface area contributed by atoms with Gasteiger partial charge in [0.1, 0.15) is 0 Å². The molecule has 1 aliphatic carbocycles. The summed E-state index contributed by atoms with van der Waals surface area (Å²) in [7, 11) is 0. The van der Waals surface area contributed by atoms with E-state index in [9.17, 15) is 5.11 Å². The van der Waals surface area contributed by atoms with Gasteiger partial charge in [-0.15, -0.1) is 11.8 Å². The summed E-state index contributed by atoms with van der Waals surface area (Å²) in [6.45, 7) is 0. The van der Waals surface area contributed by atoms with Crippen molar-refractivity contribution in [1.82, 2.24) is 0 Å². The van der Waals surface area contributed by atoms with E-state index in [1.807, 2.05) is 30.3 Å². The molecule has 0 radical (unpaired) electrons. The van der Waals surface area contributed by atoms with Gasteiger partial charge in [-0.1, -0.05) is 42.5 Å². The van der Waals surface area contributed by atoms with E-state index in [1.54, 1.807) is 11.8 Å². The zero-order valence-corrected chi connectivity index (χ0v) is 11.8. The number of thioether (sulfide) groups is 1. The molecule has 3 rings (SSSR count). The predicted octanol–water partition coefficient (Wildman–Crippen LogP) is 4.25. The number of rotatable bonds is 4. The summed E-state index contributed by atoms with van der Waals surface area (Å²) in [6, 6.07) is 18.7. The Bertz CT molecular complexity index is 535. The Morgan fingerprint density at radius 1 is 1.05 bits per heavy atom. The number of hydrogen-bond donors (Lipinski definition) is 1. The van der Waals surface area contributed by atoms with Crippen molar-refractivity contribution in [2.24, 2.45) is 5.92 Å². The van der Waals surface area contributed by atoms with Gasteiger partial charge in [0.2, 0.25) is 0 Å². The molecule has 1 saturated carbocycles. The van der Waals surface area contributed by atoms with Gasteiger partial charge in [-0.2, -0.15) is 0 Å². The number of aliphatic hydroxyl groups is 1. The molecule has 3 atom stereocenters. The average molecular weight is 270 g/mol. The minimum Gasteiger partial charge on any atom is -0.388 e. The van der Waals surface area contributed by atoms with Crippen molar-refractivity contribution >= 4 is 11.8 Å². The molecule has 0 aliphatic heterocycles. The van der Waals surface area contributed by atoms with E-state index in [2.05, 4.69) is 30.5 Å². The van der Waals surface area contributed by atoms with Gasteiger partial charge in [-0.05, 0) is 47.8 Å². The van der Waals surface area contributed by atoms with Crippen molar-refractivity contribution < 1.29 is 5.11 Å². The van der Waals surface area contributed by atoms with Crippen LogP contribution in [-0.4, -0.2) is 11.4 Å². The summed E-state index contributed by atoms with van der Waals surface area (Å²) in [5, 5.41) is 10.4. The molecule has 98 valence electrons. The van der Waals surface area contributed by atoms with Crippen molar-refractivity contribution in [3.8, 4) is 0 Å². The van der Waals surface area contributed by atoms with Crippen LogP contribution in [0.4, 0.5) is 0 Å². The van der Waals surface area contributed by atoms with Gasteiger partial charge in [0.05, 0.1) is 6.10 Å². The summed E-state index contributed by atoms with van der Waals surface area (Å²) < 4.78 is 0. The van der Waals surface area contributed by atoms with E-state index >= 15 is 0 Å². The highest BCUT2D eigenvalue weighted by Gasteiger charge is 2.43.